The maximum absolute atomic E-state index is 12.7. The lowest BCUT2D eigenvalue weighted by atomic mass is 10.1. The zero-order valence-electron chi connectivity index (χ0n) is 25.7. The average molecular weight is 637 g/mol. The van der Waals surface area contributed by atoms with Crippen molar-refractivity contribution in [3.8, 4) is 0 Å². The Kier molecular flexibility index (Phi) is 13.1. The first-order chi connectivity index (χ1) is 19.9. The fourth-order valence-electron chi connectivity index (χ4n) is 3.59. The lowest BCUT2D eigenvalue weighted by Crippen LogP contribution is -2.47. The molecule has 0 aliphatic heterocycles. The normalized spacial score (nSPS) is 14.3. The Morgan fingerprint density at radius 3 is 1.51 bits per heavy atom. The SMILES string of the molecule is CC(C)(C)S(=O)(=O)N[C@H](COC(=O)/C=C/C(=O)OC[C@H](CCc1ccccc1)NS(=O)(=O)C(C)(C)C)Cc1ccccc1. The number of hydrogen-bond donors (Lipinski definition) is 2. The van der Waals surface area contributed by atoms with E-state index in [0.29, 0.717) is 12.8 Å². The largest absolute Gasteiger partial charge is 0.461 e. The van der Waals surface area contributed by atoms with Crippen LogP contribution in [0, 0.1) is 0 Å². The van der Waals surface area contributed by atoms with Gasteiger partial charge in [-0.05, 0) is 71.9 Å². The van der Waals surface area contributed by atoms with Crippen LogP contribution < -0.4 is 9.44 Å². The minimum Gasteiger partial charge on any atom is -0.461 e. The molecule has 0 heterocycles. The van der Waals surface area contributed by atoms with Gasteiger partial charge in [-0.2, -0.15) is 0 Å². The number of sulfonamides is 2. The van der Waals surface area contributed by atoms with E-state index in [2.05, 4.69) is 9.44 Å². The fraction of sp³-hybridized carbons (Fsp3) is 0.484. The van der Waals surface area contributed by atoms with Gasteiger partial charge >= 0.3 is 11.9 Å². The minimum absolute atomic E-state index is 0.242. The third-order valence-electron chi connectivity index (χ3n) is 6.41. The molecule has 2 atom stereocenters. The summed E-state index contributed by atoms with van der Waals surface area (Å²) in [4.78, 5) is 24.8. The topological polar surface area (TPSA) is 145 Å². The maximum atomic E-state index is 12.7. The van der Waals surface area contributed by atoms with Crippen LogP contribution >= 0.6 is 0 Å². The van der Waals surface area contributed by atoms with E-state index in [1.807, 2.05) is 60.7 Å². The van der Waals surface area contributed by atoms with Crippen molar-refractivity contribution in [3.05, 3.63) is 83.9 Å². The monoisotopic (exact) mass is 636 g/mol. The molecule has 0 aliphatic rings. The smallest absolute Gasteiger partial charge is 0.331 e. The Balaban J connectivity index is 1.99. The maximum Gasteiger partial charge on any atom is 0.331 e. The van der Waals surface area contributed by atoms with E-state index in [1.165, 1.54) is 0 Å². The highest BCUT2D eigenvalue weighted by Crippen LogP contribution is 2.17. The number of nitrogens with one attached hydrogen (secondary N) is 2. The summed E-state index contributed by atoms with van der Waals surface area (Å²) in [6, 6.07) is 17.2. The Hall–Kier alpha value is -3.06. The van der Waals surface area contributed by atoms with Gasteiger partial charge in [-0.25, -0.2) is 35.9 Å². The molecule has 2 aromatic rings. The van der Waals surface area contributed by atoms with E-state index in [-0.39, 0.29) is 19.6 Å². The van der Waals surface area contributed by atoms with Gasteiger partial charge in [0.1, 0.15) is 13.2 Å². The lowest BCUT2D eigenvalue weighted by molar-refractivity contribution is -0.141. The molecule has 2 rings (SSSR count). The number of carbonyl (C=O) groups excluding carboxylic acids is 2. The zero-order valence-corrected chi connectivity index (χ0v) is 27.3. The number of ether oxygens (including phenoxy) is 2. The van der Waals surface area contributed by atoms with Crippen LogP contribution in [0.25, 0.3) is 0 Å². The molecular weight excluding hydrogens is 592 g/mol. The van der Waals surface area contributed by atoms with Crippen LogP contribution in [0.3, 0.4) is 0 Å². The van der Waals surface area contributed by atoms with Gasteiger partial charge in [0.25, 0.3) is 0 Å². The van der Waals surface area contributed by atoms with E-state index < -0.39 is 53.6 Å². The van der Waals surface area contributed by atoms with Crippen LogP contribution in [-0.2, 0) is 52.0 Å². The highest BCUT2D eigenvalue weighted by atomic mass is 32.2. The first-order valence-corrected chi connectivity index (χ1v) is 17.0. The van der Waals surface area contributed by atoms with E-state index in [0.717, 1.165) is 23.3 Å². The second kappa shape index (κ2) is 15.6. The van der Waals surface area contributed by atoms with Crippen LogP contribution in [-0.4, -0.2) is 63.6 Å². The van der Waals surface area contributed by atoms with E-state index in [9.17, 15) is 26.4 Å². The molecule has 0 bridgehead atoms. The quantitative estimate of drug-likeness (QED) is 0.223. The van der Waals surface area contributed by atoms with Crippen molar-refractivity contribution < 1.29 is 35.9 Å². The Morgan fingerprint density at radius 2 is 1.07 bits per heavy atom. The third kappa shape index (κ3) is 12.6. The predicted molar refractivity (Wildman–Crippen MR) is 167 cm³/mol. The average Bonchev–Trinajstić information content (AvgIpc) is 2.91. The van der Waals surface area contributed by atoms with Gasteiger partial charge in [0.2, 0.25) is 20.0 Å². The van der Waals surface area contributed by atoms with Crippen molar-refractivity contribution in [2.24, 2.45) is 0 Å². The van der Waals surface area contributed by atoms with Gasteiger partial charge in [0.05, 0.1) is 21.6 Å². The predicted octanol–water partition coefficient (Wildman–Crippen LogP) is 3.68. The molecule has 0 saturated carbocycles. The first kappa shape index (κ1) is 36.1. The number of carbonyl (C=O) groups is 2. The van der Waals surface area contributed by atoms with E-state index >= 15 is 0 Å². The molecule has 12 heteroatoms. The highest BCUT2D eigenvalue weighted by Gasteiger charge is 2.32. The molecule has 2 N–H and O–H groups in total. The standard InChI is InChI=1S/C31H44N2O8S2/c1-30(2,3)42(36,37)32-26(18-17-24-13-9-7-10-14-24)22-40-28(34)19-20-29(35)41-23-27(21-25-15-11-8-12-16-25)33-43(38,39)31(4,5)6/h7-16,19-20,26-27,32-33H,17-18,21-23H2,1-6H3/b20-19+/t26-,27-/m0/s1. The number of aryl methyl sites for hydroxylation is 1. The van der Waals surface area contributed by atoms with Crippen LogP contribution in [0.2, 0.25) is 0 Å². The summed E-state index contributed by atoms with van der Waals surface area (Å²) in [5.74, 6) is -1.72. The molecule has 0 radical (unpaired) electrons. The molecule has 0 unspecified atom stereocenters. The third-order valence-corrected chi connectivity index (χ3v) is 10.9. The Bertz CT molecular complexity index is 1430. The van der Waals surface area contributed by atoms with Gasteiger partial charge < -0.3 is 9.47 Å². The van der Waals surface area contributed by atoms with Crippen LogP contribution in [0.5, 0.6) is 0 Å². The van der Waals surface area contributed by atoms with E-state index in [1.54, 1.807) is 41.5 Å². The fourth-order valence-corrected chi connectivity index (χ4v) is 5.51. The van der Waals surface area contributed by atoms with Crippen LogP contribution in [0.15, 0.2) is 72.8 Å². The molecule has 0 spiro atoms. The summed E-state index contributed by atoms with van der Waals surface area (Å²) in [5.41, 5.74) is 1.86. The van der Waals surface area contributed by atoms with Gasteiger partial charge in [-0.3, -0.25) is 0 Å². The van der Waals surface area contributed by atoms with Gasteiger partial charge in [-0.15, -0.1) is 0 Å². The van der Waals surface area contributed by atoms with Crippen molar-refractivity contribution in [2.45, 2.75) is 82.4 Å². The summed E-state index contributed by atoms with van der Waals surface area (Å²) < 4.78 is 64.6. The van der Waals surface area contributed by atoms with Crippen molar-refractivity contribution in [3.63, 3.8) is 0 Å². The molecule has 0 saturated heterocycles. The van der Waals surface area contributed by atoms with Crippen LogP contribution in [0.4, 0.5) is 0 Å². The zero-order chi connectivity index (χ0) is 32.3. The minimum atomic E-state index is -3.73. The molecule has 43 heavy (non-hydrogen) atoms. The second-order valence-corrected chi connectivity index (χ2v) is 17.1. The van der Waals surface area contributed by atoms with Crippen LogP contribution in [0.1, 0.15) is 59.1 Å². The van der Waals surface area contributed by atoms with Gasteiger partial charge in [-0.1, -0.05) is 60.7 Å². The summed E-state index contributed by atoms with van der Waals surface area (Å²) in [6.45, 7) is 8.90. The first-order valence-electron chi connectivity index (χ1n) is 14.0. The number of rotatable bonds is 15. The van der Waals surface area contributed by atoms with E-state index in [4.69, 9.17) is 9.47 Å². The summed E-state index contributed by atoms with van der Waals surface area (Å²) in [5, 5.41) is 0. The molecule has 238 valence electrons. The van der Waals surface area contributed by atoms with Gasteiger partial charge in [0.15, 0.2) is 0 Å². The molecule has 2 aromatic carbocycles. The number of esters is 2. The van der Waals surface area contributed by atoms with Crippen molar-refractivity contribution in [2.75, 3.05) is 13.2 Å². The molecule has 0 fully saturated rings. The second-order valence-electron chi connectivity index (χ2n) is 12.2. The number of benzene rings is 2. The van der Waals surface area contributed by atoms with Gasteiger partial charge in [0, 0.05) is 12.2 Å². The molecular formula is C31H44N2O8S2. The van der Waals surface area contributed by atoms with Crippen molar-refractivity contribution >= 4 is 32.0 Å². The molecule has 0 aromatic heterocycles. The Morgan fingerprint density at radius 1 is 0.674 bits per heavy atom. The lowest BCUT2D eigenvalue weighted by Gasteiger charge is -2.25. The highest BCUT2D eigenvalue weighted by molar-refractivity contribution is 7.91. The Labute approximate surface area is 256 Å². The molecule has 0 amide bonds. The summed E-state index contributed by atoms with van der Waals surface area (Å²) in [7, 11) is -7.45. The molecule has 0 aliphatic carbocycles. The summed E-state index contributed by atoms with van der Waals surface area (Å²) >= 11 is 0. The molecule has 10 nitrogen and oxygen atoms in total. The van der Waals surface area contributed by atoms with Crippen molar-refractivity contribution in [1.82, 2.24) is 9.44 Å². The van der Waals surface area contributed by atoms with Crippen molar-refractivity contribution in [1.29, 1.82) is 0 Å². The summed E-state index contributed by atoms with van der Waals surface area (Å²) in [6.07, 6.45) is 3.00. The number of hydrogen-bond acceptors (Lipinski definition) is 8.